The minimum absolute atomic E-state index is 0.111. The number of amides is 2. The number of aromatic amines is 1. The van der Waals surface area contributed by atoms with Gasteiger partial charge < -0.3 is 24.6 Å². The van der Waals surface area contributed by atoms with E-state index in [2.05, 4.69) is 9.97 Å². The number of aliphatic carboxylic acids is 1. The summed E-state index contributed by atoms with van der Waals surface area (Å²) < 4.78 is 5.25. The van der Waals surface area contributed by atoms with Crippen molar-refractivity contribution >= 4 is 12.0 Å². The van der Waals surface area contributed by atoms with Crippen LogP contribution in [0, 0.1) is 0 Å². The Bertz CT molecular complexity index is 462. The zero-order chi connectivity index (χ0) is 14.5. The van der Waals surface area contributed by atoms with Crippen LogP contribution in [0.2, 0.25) is 0 Å². The van der Waals surface area contributed by atoms with Crippen molar-refractivity contribution in [3.8, 4) is 0 Å². The molecule has 110 valence electrons. The number of carboxylic acid groups (broad SMARTS) is 1. The van der Waals surface area contributed by atoms with Crippen LogP contribution in [-0.4, -0.2) is 69.7 Å². The molecule has 1 fully saturated rings. The number of carboxylic acids is 1. The lowest BCUT2D eigenvalue weighted by atomic mass is 10.1. The molecule has 1 aromatic rings. The molecular formula is C12H18N4O4. The molecule has 2 amide bonds. The van der Waals surface area contributed by atoms with E-state index >= 15 is 0 Å². The summed E-state index contributed by atoms with van der Waals surface area (Å²) in [7, 11) is 1.66. The van der Waals surface area contributed by atoms with Gasteiger partial charge in [0.15, 0.2) is 0 Å². The molecule has 0 spiro atoms. The number of rotatable bonds is 4. The lowest BCUT2D eigenvalue weighted by Crippen LogP contribution is -2.53. The van der Waals surface area contributed by atoms with Crippen LogP contribution < -0.4 is 0 Å². The molecule has 0 saturated carbocycles. The maximum absolute atomic E-state index is 12.4. The Balaban J connectivity index is 1.99. The number of nitrogens with one attached hydrogen (secondary N) is 1. The molecule has 1 saturated heterocycles. The third-order valence-electron chi connectivity index (χ3n) is 3.15. The van der Waals surface area contributed by atoms with E-state index in [0.29, 0.717) is 25.5 Å². The summed E-state index contributed by atoms with van der Waals surface area (Å²) in [5.74, 6) is -0.254. The van der Waals surface area contributed by atoms with Crippen LogP contribution in [0.3, 0.4) is 0 Å². The van der Waals surface area contributed by atoms with Gasteiger partial charge in [0, 0.05) is 26.0 Å². The van der Waals surface area contributed by atoms with Gasteiger partial charge in [0.2, 0.25) is 0 Å². The first-order valence-corrected chi connectivity index (χ1v) is 6.37. The van der Waals surface area contributed by atoms with Gasteiger partial charge in [-0.05, 0) is 0 Å². The second-order valence-electron chi connectivity index (χ2n) is 4.69. The molecule has 1 aliphatic rings. The topological polar surface area (TPSA) is 98.8 Å². The third-order valence-corrected chi connectivity index (χ3v) is 3.15. The average Bonchev–Trinajstić information content (AvgIpc) is 2.90. The molecule has 1 unspecified atom stereocenters. The van der Waals surface area contributed by atoms with E-state index in [-0.39, 0.29) is 19.1 Å². The van der Waals surface area contributed by atoms with Gasteiger partial charge in [0.05, 0.1) is 32.2 Å². The Hall–Kier alpha value is -2.09. The number of hydrogen-bond donors (Lipinski definition) is 2. The molecule has 0 radical (unpaired) electrons. The number of urea groups is 1. The Kier molecular flexibility index (Phi) is 4.57. The van der Waals surface area contributed by atoms with Crippen molar-refractivity contribution in [1.29, 1.82) is 0 Å². The molecule has 0 aliphatic carbocycles. The van der Waals surface area contributed by atoms with E-state index in [1.807, 2.05) is 0 Å². The Labute approximate surface area is 116 Å². The second-order valence-corrected chi connectivity index (χ2v) is 4.69. The zero-order valence-electron chi connectivity index (χ0n) is 11.3. The number of hydrogen-bond acceptors (Lipinski definition) is 4. The van der Waals surface area contributed by atoms with Crippen LogP contribution in [0.15, 0.2) is 12.4 Å². The molecule has 0 aromatic carbocycles. The first-order chi connectivity index (χ1) is 9.58. The maximum atomic E-state index is 12.4. The highest BCUT2D eigenvalue weighted by atomic mass is 16.5. The summed E-state index contributed by atoms with van der Waals surface area (Å²) in [6.07, 6.45) is 3.20. The van der Waals surface area contributed by atoms with Crippen molar-refractivity contribution < 1.29 is 19.4 Å². The highest BCUT2D eigenvalue weighted by molar-refractivity contribution is 5.76. The van der Waals surface area contributed by atoms with Gasteiger partial charge in [0.25, 0.3) is 0 Å². The van der Waals surface area contributed by atoms with Gasteiger partial charge in [-0.2, -0.15) is 0 Å². The number of aromatic nitrogens is 2. The summed E-state index contributed by atoms with van der Waals surface area (Å²) in [5.41, 5.74) is 0. The van der Waals surface area contributed by atoms with Crippen molar-refractivity contribution in [2.75, 3.05) is 26.8 Å². The third kappa shape index (κ3) is 3.47. The van der Waals surface area contributed by atoms with Gasteiger partial charge in [0.1, 0.15) is 5.82 Å². The maximum Gasteiger partial charge on any atom is 0.320 e. The van der Waals surface area contributed by atoms with Gasteiger partial charge in [-0.15, -0.1) is 0 Å². The van der Waals surface area contributed by atoms with E-state index in [4.69, 9.17) is 9.84 Å². The van der Waals surface area contributed by atoms with Crippen LogP contribution in [0.25, 0.3) is 0 Å². The molecule has 20 heavy (non-hydrogen) atoms. The monoisotopic (exact) mass is 282 g/mol. The molecule has 1 atom stereocenters. The van der Waals surface area contributed by atoms with Crippen LogP contribution in [0.1, 0.15) is 12.2 Å². The molecule has 1 aliphatic heterocycles. The minimum atomic E-state index is -0.938. The minimum Gasteiger partial charge on any atom is -0.481 e. The van der Waals surface area contributed by atoms with Gasteiger partial charge in [-0.25, -0.2) is 9.78 Å². The summed E-state index contributed by atoms with van der Waals surface area (Å²) in [6, 6.07) is -0.635. The summed E-state index contributed by atoms with van der Waals surface area (Å²) in [6.45, 7) is 1.44. The number of carbonyl (C=O) groups is 2. The molecule has 8 heteroatoms. The molecule has 2 N–H and O–H groups in total. The van der Waals surface area contributed by atoms with Crippen LogP contribution in [-0.2, 0) is 16.1 Å². The standard InChI is InChI=1S/C12H18N4O4/c1-15(7-10-13-2-3-14-10)12(19)16-4-5-20-8-9(16)6-11(17)18/h2-3,9H,4-8H2,1H3,(H,13,14)(H,17,18). The lowest BCUT2D eigenvalue weighted by molar-refractivity contribution is -0.139. The highest BCUT2D eigenvalue weighted by Gasteiger charge is 2.31. The van der Waals surface area contributed by atoms with Gasteiger partial charge >= 0.3 is 12.0 Å². The molecular weight excluding hydrogens is 264 g/mol. The first kappa shape index (κ1) is 14.3. The fourth-order valence-corrected chi connectivity index (χ4v) is 2.17. The number of ether oxygens (including phenoxy) is 1. The second kappa shape index (κ2) is 6.38. The average molecular weight is 282 g/mol. The number of imidazole rings is 1. The molecule has 0 bridgehead atoms. The van der Waals surface area contributed by atoms with Crippen LogP contribution in [0.5, 0.6) is 0 Å². The van der Waals surface area contributed by atoms with Crippen molar-refractivity contribution in [1.82, 2.24) is 19.8 Å². The fraction of sp³-hybridized carbons (Fsp3) is 0.583. The molecule has 2 heterocycles. The largest absolute Gasteiger partial charge is 0.481 e. The Morgan fingerprint density at radius 3 is 3.10 bits per heavy atom. The van der Waals surface area contributed by atoms with Gasteiger partial charge in [-0.1, -0.05) is 0 Å². The Morgan fingerprint density at radius 1 is 1.65 bits per heavy atom. The quantitative estimate of drug-likeness (QED) is 0.818. The smallest absolute Gasteiger partial charge is 0.320 e. The van der Waals surface area contributed by atoms with Crippen molar-refractivity contribution in [3.63, 3.8) is 0 Å². The highest BCUT2D eigenvalue weighted by Crippen LogP contribution is 2.13. The van der Waals surface area contributed by atoms with E-state index in [9.17, 15) is 9.59 Å². The van der Waals surface area contributed by atoms with Crippen molar-refractivity contribution in [2.24, 2.45) is 0 Å². The van der Waals surface area contributed by atoms with Crippen LogP contribution >= 0.6 is 0 Å². The zero-order valence-corrected chi connectivity index (χ0v) is 11.3. The Morgan fingerprint density at radius 2 is 2.45 bits per heavy atom. The number of morpholine rings is 1. The predicted octanol–water partition coefficient (Wildman–Crippen LogP) is 0.137. The summed E-state index contributed by atoms with van der Waals surface area (Å²) >= 11 is 0. The van der Waals surface area contributed by atoms with Crippen molar-refractivity contribution in [3.05, 3.63) is 18.2 Å². The molecule has 8 nitrogen and oxygen atoms in total. The molecule has 2 rings (SSSR count). The fourth-order valence-electron chi connectivity index (χ4n) is 2.17. The van der Waals surface area contributed by atoms with Crippen LogP contribution in [0.4, 0.5) is 4.79 Å². The summed E-state index contributed by atoms with van der Waals surface area (Å²) in [4.78, 5) is 33.3. The first-order valence-electron chi connectivity index (χ1n) is 6.37. The number of carbonyl (C=O) groups excluding carboxylic acids is 1. The predicted molar refractivity (Wildman–Crippen MR) is 69.0 cm³/mol. The van der Waals surface area contributed by atoms with Crippen molar-refractivity contribution in [2.45, 2.75) is 19.0 Å². The lowest BCUT2D eigenvalue weighted by Gasteiger charge is -2.37. The SMILES string of the molecule is CN(Cc1ncc[nH]1)C(=O)N1CCOCC1CC(=O)O. The number of H-pyrrole nitrogens is 1. The van der Waals surface area contributed by atoms with E-state index in [1.54, 1.807) is 24.3 Å². The normalized spacial score (nSPS) is 18.9. The van der Waals surface area contributed by atoms with E-state index in [1.165, 1.54) is 4.90 Å². The van der Waals surface area contributed by atoms with E-state index < -0.39 is 12.0 Å². The van der Waals surface area contributed by atoms with E-state index in [0.717, 1.165) is 0 Å². The number of nitrogens with zero attached hydrogens (tertiary/aromatic N) is 3. The summed E-state index contributed by atoms with van der Waals surface area (Å²) in [5, 5.41) is 8.89. The molecule has 1 aromatic heterocycles. The van der Waals surface area contributed by atoms with Gasteiger partial charge in [-0.3, -0.25) is 4.79 Å².